The van der Waals surface area contributed by atoms with Crippen molar-refractivity contribution in [1.82, 2.24) is 14.8 Å². The van der Waals surface area contributed by atoms with E-state index in [0.717, 1.165) is 61.2 Å². The monoisotopic (exact) mass is 382 g/mol. The summed E-state index contributed by atoms with van der Waals surface area (Å²) in [4.78, 5) is 23.9. The number of nitrogens with zero attached hydrogens (tertiary/aromatic N) is 4. The van der Waals surface area contributed by atoms with Crippen molar-refractivity contribution in [3.63, 3.8) is 0 Å². The Morgan fingerprint density at radius 1 is 1.29 bits per heavy atom. The molecule has 0 aliphatic carbocycles. The lowest BCUT2D eigenvalue weighted by atomic mass is 10.1. The first-order chi connectivity index (χ1) is 13.5. The van der Waals surface area contributed by atoms with Gasteiger partial charge in [0.05, 0.1) is 31.1 Å². The maximum absolute atomic E-state index is 12.6. The van der Waals surface area contributed by atoms with Crippen LogP contribution in [0.1, 0.15) is 26.2 Å². The molecule has 0 spiro atoms. The second-order valence-corrected chi connectivity index (χ2v) is 8.12. The Kier molecular flexibility index (Phi) is 5.40. The second kappa shape index (κ2) is 7.95. The highest BCUT2D eigenvalue weighted by atomic mass is 16.5. The molecule has 4 rings (SSSR count). The number of benzene rings is 1. The van der Waals surface area contributed by atoms with Crippen LogP contribution in [0.3, 0.4) is 0 Å². The van der Waals surface area contributed by atoms with Crippen LogP contribution in [0.25, 0.3) is 10.9 Å². The molecule has 3 heterocycles. The van der Waals surface area contributed by atoms with Gasteiger partial charge in [0.25, 0.3) is 0 Å². The lowest BCUT2D eigenvalue weighted by molar-refractivity contribution is -0.132. The van der Waals surface area contributed by atoms with Gasteiger partial charge in [0.15, 0.2) is 0 Å². The fourth-order valence-corrected chi connectivity index (χ4v) is 4.49. The van der Waals surface area contributed by atoms with Gasteiger partial charge in [-0.05, 0) is 50.5 Å². The van der Waals surface area contributed by atoms with E-state index in [1.807, 2.05) is 24.4 Å². The van der Waals surface area contributed by atoms with Gasteiger partial charge in [-0.3, -0.25) is 14.7 Å². The molecule has 6 nitrogen and oxygen atoms in total. The highest BCUT2D eigenvalue weighted by Gasteiger charge is 2.31. The molecular formula is C22H30N4O2. The van der Waals surface area contributed by atoms with Gasteiger partial charge in [0.2, 0.25) is 5.91 Å². The number of likely N-dealkylation sites (N-methyl/N-ethyl adjacent to an activating group) is 1. The molecule has 1 aromatic carbocycles. The van der Waals surface area contributed by atoms with E-state index in [-0.39, 0.29) is 5.91 Å². The van der Waals surface area contributed by atoms with Crippen molar-refractivity contribution >= 4 is 22.5 Å². The Hall–Kier alpha value is -2.34. The number of amides is 1. The van der Waals surface area contributed by atoms with E-state index in [1.54, 1.807) is 7.11 Å². The minimum Gasteiger partial charge on any atom is -0.497 e. The minimum atomic E-state index is 0.285. The maximum atomic E-state index is 12.6. The molecule has 28 heavy (non-hydrogen) atoms. The topological polar surface area (TPSA) is 48.9 Å². The van der Waals surface area contributed by atoms with Crippen molar-refractivity contribution in [2.24, 2.45) is 0 Å². The van der Waals surface area contributed by atoms with Gasteiger partial charge in [-0.1, -0.05) is 0 Å². The number of pyridine rings is 1. The summed E-state index contributed by atoms with van der Waals surface area (Å²) in [6, 6.07) is 8.91. The predicted molar refractivity (Wildman–Crippen MR) is 112 cm³/mol. The fourth-order valence-electron chi connectivity index (χ4n) is 4.49. The molecule has 0 radical (unpaired) electrons. The number of hydrogen-bond donors (Lipinski definition) is 0. The Bertz CT molecular complexity index is 856. The van der Waals surface area contributed by atoms with Crippen LogP contribution < -0.4 is 9.64 Å². The first-order valence-electron chi connectivity index (χ1n) is 10.2. The average Bonchev–Trinajstić information content (AvgIpc) is 3.35. The summed E-state index contributed by atoms with van der Waals surface area (Å²) < 4.78 is 5.34. The molecule has 2 aliphatic heterocycles. The van der Waals surface area contributed by atoms with E-state index in [4.69, 9.17) is 4.74 Å². The Morgan fingerprint density at radius 2 is 2.14 bits per heavy atom. The number of likely N-dealkylation sites (tertiary alicyclic amines) is 2. The molecule has 0 unspecified atom stereocenters. The third kappa shape index (κ3) is 3.78. The minimum absolute atomic E-state index is 0.285. The van der Waals surface area contributed by atoms with Crippen molar-refractivity contribution < 1.29 is 9.53 Å². The van der Waals surface area contributed by atoms with E-state index in [0.29, 0.717) is 18.6 Å². The average molecular weight is 383 g/mol. The zero-order valence-electron chi connectivity index (χ0n) is 17.1. The molecule has 0 saturated carbocycles. The molecule has 1 amide bonds. The van der Waals surface area contributed by atoms with Gasteiger partial charge in [-0.15, -0.1) is 0 Å². The van der Waals surface area contributed by atoms with Gasteiger partial charge < -0.3 is 14.5 Å². The van der Waals surface area contributed by atoms with Crippen molar-refractivity contribution in [3.05, 3.63) is 30.5 Å². The first kappa shape index (κ1) is 19.0. The number of methoxy groups -OCH3 is 1. The van der Waals surface area contributed by atoms with Crippen molar-refractivity contribution in [2.45, 2.75) is 38.3 Å². The van der Waals surface area contributed by atoms with Crippen molar-refractivity contribution in [3.8, 4) is 5.75 Å². The van der Waals surface area contributed by atoms with Crippen LogP contribution in [0.15, 0.2) is 30.5 Å². The lowest BCUT2D eigenvalue weighted by Crippen LogP contribution is -2.42. The molecule has 2 fully saturated rings. The van der Waals surface area contributed by atoms with Gasteiger partial charge in [-0.2, -0.15) is 0 Å². The zero-order valence-corrected chi connectivity index (χ0v) is 17.1. The van der Waals surface area contributed by atoms with Crippen LogP contribution in [-0.4, -0.2) is 73.1 Å². The van der Waals surface area contributed by atoms with Crippen LogP contribution in [0.4, 0.5) is 5.69 Å². The second-order valence-electron chi connectivity index (χ2n) is 8.12. The maximum Gasteiger partial charge on any atom is 0.236 e. The summed E-state index contributed by atoms with van der Waals surface area (Å²) in [6.45, 7) is 5.51. The molecule has 2 aliphatic rings. The number of carbonyl (C=O) groups excluding carboxylic acids is 1. The van der Waals surface area contributed by atoms with Crippen molar-refractivity contribution in [1.29, 1.82) is 0 Å². The highest BCUT2D eigenvalue weighted by Crippen LogP contribution is 2.26. The van der Waals surface area contributed by atoms with Crippen LogP contribution in [0.5, 0.6) is 5.75 Å². The van der Waals surface area contributed by atoms with E-state index in [2.05, 4.69) is 39.7 Å². The van der Waals surface area contributed by atoms with E-state index in [9.17, 15) is 4.79 Å². The highest BCUT2D eigenvalue weighted by molar-refractivity contribution is 5.83. The van der Waals surface area contributed by atoms with Crippen LogP contribution >= 0.6 is 0 Å². The zero-order chi connectivity index (χ0) is 19.7. The molecule has 0 bridgehead atoms. The largest absolute Gasteiger partial charge is 0.497 e. The number of fused-ring (bicyclic) bond motifs is 1. The van der Waals surface area contributed by atoms with Crippen molar-refractivity contribution in [2.75, 3.05) is 45.2 Å². The SMILES string of the molecule is COc1ccc2ncc(N(C)[C@H]3CCN(CC(=O)N4CCC[C@H]4C)C3)cc2c1. The smallest absolute Gasteiger partial charge is 0.236 e. The Labute approximate surface area is 167 Å². The molecule has 2 atom stereocenters. The molecule has 0 N–H and O–H groups in total. The van der Waals surface area contributed by atoms with Crippen LogP contribution in [-0.2, 0) is 4.79 Å². The normalized spacial score (nSPS) is 22.8. The molecule has 150 valence electrons. The summed E-state index contributed by atoms with van der Waals surface area (Å²) in [6.07, 6.45) is 5.28. The summed E-state index contributed by atoms with van der Waals surface area (Å²) in [5, 5.41) is 1.08. The quantitative estimate of drug-likeness (QED) is 0.796. The third-order valence-electron chi connectivity index (χ3n) is 6.31. The lowest BCUT2D eigenvalue weighted by Gasteiger charge is -2.28. The van der Waals surface area contributed by atoms with E-state index < -0.39 is 0 Å². The molecular weight excluding hydrogens is 352 g/mol. The molecule has 2 aromatic rings. The number of anilines is 1. The van der Waals surface area contributed by atoms with Gasteiger partial charge in [-0.25, -0.2) is 0 Å². The predicted octanol–water partition coefficient (Wildman–Crippen LogP) is 2.76. The fraction of sp³-hybridized carbons (Fsp3) is 0.545. The molecule has 1 aromatic heterocycles. The molecule has 6 heteroatoms. The van der Waals surface area contributed by atoms with E-state index in [1.165, 1.54) is 0 Å². The van der Waals surface area contributed by atoms with Crippen LogP contribution in [0, 0.1) is 0 Å². The van der Waals surface area contributed by atoms with Gasteiger partial charge >= 0.3 is 0 Å². The summed E-state index contributed by atoms with van der Waals surface area (Å²) in [5.74, 6) is 1.13. The standard InChI is InChI=1S/C22H30N4O2/c1-16-5-4-9-26(16)22(27)15-25-10-8-18(14-25)24(2)19-11-17-12-20(28-3)6-7-21(17)23-13-19/h6-7,11-13,16,18H,4-5,8-10,14-15H2,1-3H3/t16-,18+/m1/s1. The van der Waals surface area contributed by atoms with E-state index >= 15 is 0 Å². The number of hydrogen-bond acceptors (Lipinski definition) is 5. The van der Waals surface area contributed by atoms with Gasteiger partial charge in [0, 0.05) is 44.2 Å². The Morgan fingerprint density at radius 3 is 2.89 bits per heavy atom. The number of rotatable bonds is 5. The molecule has 2 saturated heterocycles. The first-order valence-corrected chi connectivity index (χ1v) is 10.2. The number of aromatic nitrogens is 1. The number of ether oxygens (including phenoxy) is 1. The summed E-state index contributed by atoms with van der Waals surface area (Å²) >= 11 is 0. The van der Waals surface area contributed by atoms with Crippen LogP contribution in [0.2, 0.25) is 0 Å². The summed E-state index contributed by atoms with van der Waals surface area (Å²) in [7, 11) is 3.81. The summed E-state index contributed by atoms with van der Waals surface area (Å²) in [5.41, 5.74) is 2.07. The Balaban J connectivity index is 1.40. The third-order valence-corrected chi connectivity index (χ3v) is 6.31. The van der Waals surface area contributed by atoms with Gasteiger partial charge in [0.1, 0.15) is 5.75 Å². The number of carbonyl (C=O) groups is 1.